The van der Waals surface area contributed by atoms with Gasteiger partial charge in [-0.2, -0.15) is 0 Å². The molecule has 1 aromatic rings. The molecule has 1 aliphatic carbocycles. The Balaban J connectivity index is 1.90. The Kier molecular flexibility index (Phi) is 3.07. The standard InChI is InChI=1S/C21H22N2O4/c1-3-19-7-4-9-23-10-8-20(16(19)23)14-11-13(24)5-6-15(14)22-17(25)21(20,12-19)18(26)27-2/h3-7,11,16,24H,1,8-10,12H2,2H3,(H,22,25)/t16-,19-,20+,21+/m1/s1. The Labute approximate surface area is 157 Å². The number of phenolic OH excluding ortho intramolecular Hbond substituents is 1. The lowest BCUT2D eigenvalue weighted by Crippen LogP contribution is -2.61. The van der Waals surface area contributed by atoms with E-state index in [2.05, 4.69) is 28.9 Å². The largest absolute Gasteiger partial charge is 0.508 e. The van der Waals surface area contributed by atoms with Crippen LogP contribution in [0.15, 0.2) is 43.0 Å². The van der Waals surface area contributed by atoms with Gasteiger partial charge in [-0.3, -0.25) is 14.5 Å². The highest BCUT2D eigenvalue weighted by Gasteiger charge is 2.80. The smallest absolute Gasteiger partial charge is 0.322 e. The summed E-state index contributed by atoms with van der Waals surface area (Å²) in [7, 11) is 1.33. The first-order valence-corrected chi connectivity index (χ1v) is 9.24. The molecule has 4 aliphatic rings. The van der Waals surface area contributed by atoms with E-state index in [1.807, 2.05) is 6.08 Å². The number of carbonyl (C=O) groups excluding carboxylic acids is 2. The number of carbonyl (C=O) groups is 2. The Morgan fingerprint density at radius 3 is 3.04 bits per heavy atom. The van der Waals surface area contributed by atoms with Crippen molar-refractivity contribution in [3.05, 3.63) is 48.6 Å². The number of ether oxygens (including phenoxy) is 1. The van der Waals surface area contributed by atoms with Gasteiger partial charge in [-0.15, -0.1) is 6.58 Å². The number of benzene rings is 1. The highest BCUT2D eigenvalue weighted by atomic mass is 16.5. The summed E-state index contributed by atoms with van der Waals surface area (Å²) in [6.07, 6.45) is 7.04. The van der Waals surface area contributed by atoms with Gasteiger partial charge in [-0.1, -0.05) is 18.2 Å². The van der Waals surface area contributed by atoms with E-state index < -0.39 is 22.2 Å². The van der Waals surface area contributed by atoms with Gasteiger partial charge in [0.1, 0.15) is 5.75 Å². The van der Waals surface area contributed by atoms with Crippen LogP contribution >= 0.6 is 0 Å². The maximum atomic E-state index is 13.5. The summed E-state index contributed by atoms with van der Waals surface area (Å²) in [6, 6.07) is 4.89. The first-order chi connectivity index (χ1) is 12.9. The van der Waals surface area contributed by atoms with E-state index in [1.165, 1.54) is 7.11 Å². The van der Waals surface area contributed by atoms with Crippen molar-refractivity contribution in [2.24, 2.45) is 10.8 Å². The van der Waals surface area contributed by atoms with Crippen LogP contribution in [0.1, 0.15) is 18.4 Å². The number of hydrogen-bond acceptors (Lipinski definition) is 5. The van der Waals surface area contributed by atoms with E-state index in [9.17, 15) is 14.7 Å². The molecule has 4 atom stereocenters. The number of rotatable bonds is 2. The van der Waals surface area contributed by atoms with Gasteiger partial charge in [-0.25, -0.2) is 0 Å². The lowest BCUT2D eigenvalue weighted by atomic mass is 9.57. The monoisotopic (exact) mass is 366 g/mol. The number of hydrogen-bond donors (Lipinski definition) is 2. The minimum Gasteiger partial charge on any atom is -0.508 e. The minimum atomic E-state index is -1.36. The van der Waals surface area contributed by atoms with E-state index in [4.69, 9.17) is 4.74 Å². The number of amides is 1. The summed E-state index contributed by atoms with van der Waals surface area (Å²) < 4.78 is 5.21. The first kappa shape index (κ1) is 16.6. The lowest BCUT2D eigenvalue weighted by molar-refractivity contribution is -0.162. The molecule has 1 aromatic carbocycles. The Morgan fingerprint density at radius 2 is 2.30 bits per heavy atom. The van der Waals surface area contributed by atoms with Crippen LogP contribution in [0, 0.1) is 10.8 Å². The Bertz CT molecular complexity index is 925. The highest BCUT2D eigenvalue weighted by molar-refractivity contribution is 6.14. The zero-order valence-electron chi connectivity index (χ0n) is 15.2. The average Bonchev–Trinajstić information content (AvgIpc) is 3.20. The molecule has 0 aromatic heterocycles. The third-order valence-electron chi connectivity index (χ3n) is 7.27. The molecule has 140 valence electrons. The molecular formula is C21H22N2O4. The van der Waals surface area contributed by atoms with Crippen LogP contribution in [-0.4, -0.2) is 48.1 Å². The normalized spacial score (nSPS) is 38.6. The second kappa shape index (κ2) is 5.01. The summed E-state index contributed by atoms with van der Waals surface area (Å²) in [5, 5.41) is 13.1. The molecule has 0 radical (unpaired) electrons. The molecule has 0 unspecified atom stereocenters. The van der Waals surface area contributed by atoms with Gasteiger partial charge < -0.3 is 15.2 Å². The molecule has 2 N–H and O–H groups in total. The van der Waals surface area contributed by atoms with Crippen molar-refractivity contribution in [1.29, 1.82) is 0 Å². The zero-order valence-corrected chi connectivity index (χ0v) is 15.2. The SMILES string of the molecule is C=C[C@@]12C=CCN3CC[C@]4(c5cc(O)ccc5NC(=O)[C@]4(C(=O)OC)C1)[C@H]32. The molecule has 5 rings (SSSR count). The van der Waals surface area contributed by atoms with Crippen LogP contribution in [0.3, 0.4) is 0 Å². The summed E-state index contributed by atoms with van der Waals surface area (Å²) in [4.78, 5) is 29.0. The maximum Gasteiger partial charge on any atom is 0.322 e. The Hall–Kier alpha value is -2.60. The van der Waals surface area contributed by atoms with E-state index >= 15 is 0 Å². The molecule has 27 heavy (non-hydrogen) atoms. The van der Waals surface area contributed by atoms with Gasteiger partial charge in [0.2, 0.25) is 5.91 Å². The lowest BCUT2D eigenvalue weighted by Gasteiger charge is -2.48. The molecule has 3 heterocycles. The van der Waals surface area contributed by atoms with Crippen LogP contribution in [0.4, 0.5) is 5.69 Å². The van der Waals surface area contributed by atoms with Crippen molar-refractivity contribution in [2.45, 2.75) is 24.3 Å². The summed E-state index contributed by atoms with van der Waals surface area (Å²) in [5.74, 6) is -0.711. The van der Waals surface area contributed by atoms with Gasteiger partial charge in [0.25, 0.3) is 0 Å². The van der Waals surface area contributed by atoms with Crippen molar-refractivity contribution in [2.75, 3.05) is 25.5 Å². The predicted octanol–water partition coefficient (Wildman–Crippen LogP) is 1.96. The van der Waals surface area contributed by atoms with E-state index in [1.54, 1.807) is 18.2 Å². The van der Waals surface area contributed by atoms with Gasteiger partial charge in [0.15, 0.2) is 5.41 Å². The van der Waals surface area contributed by atoms with Crippen molar-refractivity contribution < 1.29 is 19.4 Å². The van der Waals surface area contributed by atoms with E-state index in [0.717, 1.165) is 18.7 Å². The molecule has 2 fully saturated rings. The maximum absolute atomic E-state index is 13.5. The fraction of sp³-hybridized carbons (Fsp3) is 0.429. The van der Waals surface area contributed by atoms with Gasteiger partial charge in [0, 0.05) is 29.1 Å². The molecule has 1 spiro atoms. The van der Waals surface area contributed by atoms with Crippen molar-refractivity contribution in [1.82, 2.24) is 4.90 Å². The molecule has 6 nitrogen and oxygen atoms in total. The highest BCUT2D eigenvalue weighted by Crippen LogP contribution is 2.71. The fourth-order valence-electron chi connectivity index (χ4n) is 6.42. The zero-order chi connectivity index (χ0) is 19.0. The number of fused-ring (bicyclic) bond motifs is 1. The van der Waals surface area contributed by atoms with E-state index in [0.29, 0.717) is 18.5 Å². The van der Waals surface area contributed by atoms with Gasteiger partial charge >= 0.3 is 5.97 Å². The van der Waals surface area contributed by atoms with Crippen molar-refractivity contribution >= 4 is 17.6 Å². The van der Waals surface area contributed by atoms with Crippen LogP contribution in [0.2, 0.25) is 0 Å². The average molecular weight is 366 g/mol. The van der Waals surface area contributed by atoms with E-state index in [-0.39, 0.29) is 17.7 Å². The first-order valence-electron chi connectivity index (χ1n) is 9.24. The fourth-order valence-corrected chi connectivity index (χ4v) is 6.42. The quantitative estimate of drug-likeness (QED) is 0.362. The number of nitrogens with one attached hydrogen (secondary N) is 1. The topological polar surface area (TPSA) is 78.9 Å². The number of aromatic hydroxyl groups is 1. The second-order valence-corrected chi connectivity index (χ2v) is 8.10. The molecule has 0 bridgehead atoms. The number of methoxy groups -OCH3 is 1. The number of nitrogens with zero attached hydrogens (tertiary/aromatic N) is 1. The van der Waals surface area contributed by atoms with Crippen molar-refractivity contribution in [3.8, 4) is 5.75 Å². The van der Waals surface area contributed by atoms with Gasteiger partial charge in [-0.05, 0) is 43.1 Å². The summed E-state index contributed by atoms with van der Waals surface area (Å²) >= 11 is 0. The molecular weight excluding hydrogens is 344 g/mol. The molecule has 3 aliphatic heterocycles. The second-order valence-electron chi connectivity index (χ2n) is 8.10. The van der Waals surface area contributed by atoms with Crippen LogP contribution in [0.25, 0.3) is 0 Å². The van der Waals surface area contributed by atoms with Crippen LogP contribution in [0.5, 0.6) is 5.75 Å². The van der Waals surface area contributed by atoms with Crippen LogP contribution < -0.4 is 5.32 Å². The summed E-state index contributed by atoms with van der Waals surface area (Å²) in [5.41, 5.74) is -1.15. The minimum absolute atomic E-state index is 0.0850. The molecule has 1 saturated heterocycles. The molecule has 1 saturated carbocycles. The third kappa shape index (κ3) is 1.62. The third-order valence-corrected chi connectivity index (χ3v) is 7.27. The number of esters is 1. The van der Waals surface area contributed by atoms with Crippen LogP contribution in [-0.2, 0) is 19.7 Å². The number of anilines is 1. The van der Waals surface area contributed by atoms with Gasteiger partial charge in [0.05, 0.1) is 7.11 Å². The molecule has 6 heteroatoms. The summed E-state index contributed by atoms with van der Waals surface area (Å²) in [6.45, 7) is 5.62. The number of phenols is 1. The van der Waals surface area contributed by atoms with Crippen molar-refractivity contribution in [3.63, 3.8) is 0 Å². The Morgan fingerprint density at radius 1 is 1.48 bits per heavy atom. The predicted molar refractivity (Wildman–Crippen MR) is 99.2 cm³/mol. The molecule has 1 amide bonds.